The van der Waals surface area contributed by atoms with Gasteiger partial charge in [0.2, 0.25) is 17.8 Å². The van der Waals surface area contributed by atoms with E-state index in [2.05, 4.69) is 30.5 Å². The Morgan fingerprint density at radius 1 is 1.20 bits per heavy atom. The normalized spacial score (nSPS) is 14.6. The van der Waals surface area contributed by atoms with E-state index in [1.54, 1.807) is 11.3 Å². The highest BCUT2D eigenvalue weighted by atomic mass is 32.1. The lowest BCUT2D eigenvalue weighted by Gasteiger charge is -2.16. The largest absolute Gasteiger partial charge is 0.354 e. The minimum absolute atomic E-state index is 0.594. The molecule has 0 saturated carbocycles. The van der Waals surface area contributed by atoms with E-state index in [4.69, 9.17) is 0 Å². The van der Waals surface area contributed by atoms with Gasteiger partial charge in [0.15, 0.2) is 0 Å². The van der Waals surface area contributed by atoms with Gasteiger partial charge < -0.3 is 15.5 Å². The number of rotatable bonds is 5. The average molecular weight is 290 g/mol. The number of nitrogens with zero attached hydrogens (tertiary/aromatic N) is 4. The van der Waals surface area contributed by atoms with Gasteiger partial charge in [-0.2, -0.15) is 26.3 Å². The number of hydrogen-bond acceptors (Lipinski definition) is 7. The first-order chi connectivity index (χ1) is 9.85. The first-order valence-corrected chi connectivity index (χ1v) is 7.83. The monoisotopic (exact) mass is 290 g/mol. The molecule has 0 aromatic carbocycles. The SMILES string of the molecule is CCNc1nc(Nc2ccsc2)nc(N2CCCC2)n1. The zero-order valence-electron chi connectivity index (χ0n) is 11.5. The third-order valence-electron chi connectivity index (χ3n) is 3.12. The quantitative estimate of drug-likeness (QED) is 0.882. The van der Waals surface area contributed by atoms with Crippen molar-refractivity contribution in [1.82, 2.24) is 15.0 Å². The van der Waals surface area contributed by atoms with Gasteiger partial charge in [0.25, 0.3) is 0 Å². The van der Waals surface area contributed by atoms with E-state index < -0.39 is 0 Å². The number of thiophene rings is 1. The number of nitrogens with one attached hydrogen (secondary N) is 2. The molecule has 2 aromatic heterocycles. The second kappa shape index (κ2) is 6.04. The Bertz CT molecular complexity index is 550. The Labute approximate surface area is 122 Å². The van der Waals surface area contributed by atoms with Crippen molar-refractivity contribution in [2.75, 3.05) is 35.2 Å². The smallest absolute Gasteiger partial charge is 0.233 e. The third-order valence-corrected chi connectivity index (χ3v) is 3.81. The van der Waals surface area contributed by atoms with E-state index >= 15 is 0 Å². The molecule has 20 heavy (non-hydrogen) atoms. The molecular formula is C13H18N6S. The van der Waals surface area contributed by atoms with Gasteiger partial charge in [0.1, 0.15) is 0 Å². The summed E-state index contributed by atoms with van der Waals surface area (Å²) in [5, 5.41) is 10.5. The molecule has 0 spiro atoms. The fourth-order valence-electron chi connectivity index (χ4n) is 2.18. The van der Waals surface area contributed by atoms with E-state index in [0.29, 0.717) is 11.9 Å². The Balaban J connectivity index is 1.87. The van der Waals surface area contributed by atoms with Gasteiger partial charge in [-0.05, 0) is 31.2 Å². The van der Waals surface area contributed by atoms with Crippen molar-refractivity contribution in [3.05, 3.63) is 16.8 Å². The van der Waals surface area contributed by atoms with Crippen molar-refractivity contribution >= 4 is 34.9 Å². The molecule has 0 bridgehead atoms. The highest BCUT2D eigenvalue weighted by Gasteiger charge is 2.17. The molecule has 0 atom stereocenters. The van der Waals surface area contributed by atoms with Crippen LogP contribution in [0.25, 0.3) is 0 Å². The maximum atomic E-state index is 4.53. The fraction of sp³-hybridized carbons (Fsp3) is 0.462. The summed E-state index contributed by atoms with van der Waals surface area (Å²) in [6, 6.07) is 2.01. The molecule has 1 aliphatic rings. The minimum Gasteiger partial charge on any atom is -0.354 e. The zero-order valence-corrected chi connectivity index (χ0v) is 12.3. The van der Waals surface area contributed by atoms with Crippen LogP contribution < -0.4 is 15.5 Å². The molecule has 1 saturated heterocycles. The van der Waals surface area contributed by atoms with E-state index in [1.807, 2.05) is 23.8 Å². The summed E-state index contributed by atoms with van der Waals surface area (Å²) >= 11 is 1.64. The molecule has 3 rings (SSSR count). The predicted octanol–water partition coefficient (Wildman–Crippen LogP) is 2.71. The van der Waals surface area contributed by atoms with E-state index in [1.165, 1.54) is 12.8 Å². The molecule has 6 nitrogen and oxygen atoms in total. The van der Waals surface area contributed by atoms with Crippen molar-refractivity contribution < 1.29 is 0 Å². The molecule has 7 heteroatoms. The van der Waals surface area contributed by atoms with Crippen molar-refractivity contribution in [1.29, 1.82) is 0 Å². The molecule has 0 aliphatic carbocycles. The molecule has 1 aliphatic heterocycles. The minimum atomic E-state index is 0.594. The molecule has 2 N–H and O–H groups in total. The molecule has 0 radical (unpaired) electrons. The van der Waals surface area contributed by atoms with Crippen LogP contribution in [-0.4, -0.2) is 34.6 Å². The Hall–Kier alpha value is -1.89. The van der Waals surface area contributed by atoms with Gasteiger partial charge in [0.05, 0.1) is 5.69 Å². The summed E-state index contributed by atoms with van der Waals surface area (Å²) in [7, 11) is 0. The number of hydrogen-bond donors (Lipinski definition) is 2. The Morgan fingerprint density at radius 3 is 2.70 bits per heavy atom. The van der Waals surface area contributed by atoms with Gasteiger partial charge in [-0.15, -0.1) is 0 Å². The first-order valence-electron chi connectivity index (χ1n) is 6.89. The maximum Gasteiger partial charge on any atom is 0.233 e. The lowest BCUT2D eigenvalue weighted by molar-refractivity contribution is 0.881. The second-order valence-corrected chi connectivity index (χ2v) is 5.42. The van der Waals surface area contributed by atoms with E-state index in [0.717, 1.165) is 31.3 Å². The van der Waals surface area contributed by atoms with Gasteiger partial charge in [-0.1, -0.05) is 0 Å². The average Bonchev–Trinajstić information content (AvgIpc) is 3.11. The van der Waals surface area contributed by atoms with Crippen LogP contribution in [0, 0.1) is 0 Å². The van der Waals surface area contributed by atoms with Crippen LogP contribution in [0.4, 0.5) is 23.5 Å². The molecule has 0 unspecified atom stereocenters. The third kappa shape index (κ3) is 2.98. The lowest BCUT2D eigenvalue weighted by Crippen LogP contribution is -2.22. The van der Waals surface area contributed by atoms with Gasteiger partial charge in [-0.3, -0.25) is 0 Å². The molecule has 3 heterocycles. The molecule has 106 valence electrons. The Kier molecular flexibility index (Phi) is 3.96. The predicted molar refractivity (Wildman–Crippen MR) is 83.0 cm³/mol. The molecule has 2 aromatic rings. The van der Waals surface area contributed by atoms with Crippen LogP contribution in [-0.2, 0) is 0 Å². The van der Waals surface area contributed by atoms with Crippen LogP contribution in [0.15, 0.2) is 16.8 Å². The summed E-state index contributed by atoms with van der Waals surface area (Å²) in [6.45, 7) is 4.87. The summed E-state index contributed by atoms with van der Waals surface area (Å²) in [5.74, 6) is 1.98. The van der Waals surface area contributed by atoms with Gasteiger partial charge >= 0.3 is 0 Å². The maximum absolute atomic E-state index is 4.53. The van der Waals surface area contributed by atoms with Crippen LogP contribution >= 0.6 is 11.3 Å². The number of aromatic nitrogens is 3. The summed E-state index contributed by atoms with van der Waals surface area (Å²) in [4.78, 5) is 15.6. The topological polar surface area (TPSA) is 66.0 Å². The first kappa shape index (κ1) is 13.1. The summed E-state index contributed by atoms with van der Waals surface area (Å²) in [6.07, 6.45) is 2.41. The number of anilines is 4. The van der Waals surface area contributed by atoms with Crippen LogP contribution in [0.1, 0.15) is 19.8 Å². The zero-order chi connectivity index (χ0) is 13.8. The van der Waals surface area contributed by atoms with Crippen molar-refractivity contribution in [2.24, 2.45) is 0 Å². The van der Waals surface area contributed by atoms with Crippen molar-refractivity contribution in [2.45, 2.75) is 19.8 Å². The van der Waals surface area contributed by atoms with Crippen molar-refractivity contribution in [3.63, 3.8) is 0 Å². The highest BCUT2D eigenvalue weighted by Crippen LogP contribution is 2.21. The van der Waals surface area contributed by atoms with E-state index in [-0.39, 0.29) is 0 Å². The highest BCUT2D eigenvalue weighted by molar-refractivity contribution is 7.08. The summed E-state index contributed by atoms with van der Waals surface area (Å²) in [5.41, 5.74) is 1.01. The molecular weight excluding hydrogens is 272 g/mol. The van der Waals surface area contributed by atoms with E-state index in [9.17, 15) is 0 Å². The van der Waals surface area contributed by atoms with Crippen LogP contribution in [0.2, 0.25) is 0 Å². The standard InChI is InChI=1S/C13H18N6S/c1-2-14-11-16-12(15-10-5-8-20-9-10)18-13(17-11)19-6-3-4-7-19/h5,8-9H,2-4,6-7H2,1H3,(H2,14,15,16,17,18). The van der Waals surface area contributed by atoms with Crippen LogP contribution in [0.5, 0.6) is 0 Å². The second-order valence-electron chi connectivity index (χ2n) is 4.64. The van der Waals surface area contributed by atoms with Gasteiger partial charge in [0, 0.05) is 25.0 Å². The molecule has 1 fully saturated rings. The fourth-order valence-corrected chi connectivity index (χ4v) is 2.77. The summed E-state index contributed by atoms with van der Waals surface area (Å²) < 4.78 is 0. The van der Waals surface area contributed by atoms with Crippen LogP contribution in [0.3, 0.4) is 0 Å². The van der Waals surface area contributed by atoms with Crippen molar-refractivity contribution in [3.8, 4) is 0 Å². The molecule has 0 amide bonds. The van der Waals surface area contributed by atoms with Gasteiger partial charge in [-0.25, -0.2) is 0 Å². The lowest BCUT2D eigenvalue weighted by atomic mass is 10.4. The Morgan fingerprint density at radius 2 is 2.00 bits per heavy atom.